The molecule has 2 N–H and O–H groups in total. The van der Waals surface area contributed by atoms with Crippen LogP contribution in [0.1, 0.15) is 44.9 Å². The van der Waals surface area contributed by atoms with Crippen molar-refractivity contribution in [2.75, 3.05) is 39.8 Å². The molecule has 0 bridgehead atoms. The minimum Gasteiger partial charge on any atom is -0.340 e. The summed E-state index contributed by atoms with van der Waals surface area (Å²) in [5.74, 6) is 0.352. The number of hydrogen-bond donors (Lipinski definition) is 1. The summed E-state index contributed by atoms with van der Waals surface area (Å²) in [6.45, 7) is 4.66. The van der Waals surface area contributed by atoms with Crippen molar-refractivity contribution in [3.8, 4) is 0 Å². The Morgan fingerprint density at radius 3 is 2.11 bits per heavy atom. The Morgan fingerprint density at radius 2 is 1.50 bits per heavy atom. The van der Waals surface area contributed by atoms with Crippen LogP contribution in [-0.4, -0.2) is 55.5 Å². The van der Waals surface area contributed by atoms with Crippen molar-refractivity contribution in [3.05, 3.63) is 0 Å². The van der Waals surface area contributed by atoms with E-state index in [1.54, 1.807) is 0 Å². The SMILES string of the molecule is CN1CCN(C(=O)CCCCCCCCN)CC1. The molecule has 18 heavy (non-hydrogen) atoms. The maximum atomic E-state index is 11.9. The quantitative estimate of drug-likeness (QED) is 0.668. The average molecular weight is 255 g/mol. The van der Waals surface area contributed by atoms with E-state index in [1.165, 1.54) is 25.7 Å². The Morgan fingerprint density at radius 1 is 0.944 bits per heavy atom. The third kappa shape index (κ3) is 6.36. The summed E-state index contributed by atoms with van der Waals surface area (Å²) < 4.78 is 0. The van der Waals surface area contributed by atoms with Gasteiger partial charge in [0.25, 0.3) is 0 Å². The molecule has 4 nitrogen and oxygen atoms in total. The molecule has 106 valence electrons. The summed E-state index contributed by atoms with van der Waals surface area (Å²) in [6, 6.07) is 0. The van der Waals surface area contributed by atoms with Gasteiger partial charge in [-0.2, -0.15) is 0 Å². The lowest BCUT2D eigenvalue weighted by Gasteiger charge is -2.32. The van der Waals surface area contributed by atoms with Gasteiger partial charge < -0.3 is 15.5 Å². The number of piperazine rings is 1. The van der Waals surface area contributed by atoms with Gasteiger partial charge in [0.1, 0.15) is 0 Å². The van der Waals surface area contributed by atoms with Gasteiger partial charge in [-0.25, -0.2) is 0 Å². The molecule has 0 atom stereocenters. The van der Waals surface area contributed by atoms with Crippen molar-refractivity contribution in [2.45, 2.75) is 44.9 Å². The fourth-order valence-electron chi connectivity index (χ4n) is 2.34. The van der Waals surface area contributed by atoms with Gasteiger partial charge >= 0.3 is 0 Å². The molecule has 0 aliphatic carbocycles. The Kier molecular flexibility index (Phi) is 8.01. The van der Waals surface area contributed by atoms with Crippen molar-refractivity contribution < 1.29 is 4.79 Å². The lowest BCUT2D eigenvalue weighted by atomic mass is 10.1. The largest absolute Gasteiger partial charge is 0.340 e. The van der Waals surface area contributed by atoms with Crippen LogP contribution in [0.15, 0.2) is 0 Å². The van der Waals surface area contributed by atoms with E-state index >= 15 is 0 Å². The fourth-order valence-corrected chi connectivity index (χ4v) is 2.34. The Bertz CT molecular complexity index is 225. The van der Waals surface area contributed by atoms with Crippen LogP contribution in [0.5, 0.6) is 0 Å². The van der Waals surface area contributed by atoms with Gasteiger partial charge in [-0.15, -0.1) is 0 Å². The molecular weight excluding hydrogens is 226 g/mol. The number of unbranched alkanes of at least 4 members (excludes halogenated alkanes) is 5. The molecule has 1 aliphatic rings. The highest BCUT2D eigenvalue weighted by Gasteiger charge is 2.17. The highest BCUT2D eigenvalue weighted by Crippen LogP contribution is 2.09. The van der Waals surface area contributed by atoms with E-state index in [-0.39, 0.29) is 0 Å². The highest BCUT2D eigenvalue weighted by molar-refractivity contribution is 5.76. The van der Waals surface area contributed by atoms with E-state index in [0.717, 1.165) is 52.0 Å². The van der Waals surface area contributed by atoms with Crippen molar-refractivity contribution in [1.29, 1.82) is 0 Å². The first-order valence-corrected chi connectivity index (χ1v) is 7.40. The molecule has 1 aliphatic heterocycles. The van der Waals surface area contributed by atoms with Crippen molar-refractivity contribution in [1.82, 2.24) is 9.80 Å². The molecule has 1 saturated heterocycles. The summed E-state index contributed by atoms with van der Waals surface area (Å²) in [7, 11) is 2.11. The molecule has 0 spiro atoms. The van der Waals surface area contributed by atoms with E-state index < -0.39 is 0 Å². The van der Waals surface area contributed by atoms with Crippen LogP contribution in [0.2, 0.25) is 0 Å². The normalized spacial score (nSPS) is 17.1. The van der Waals surface area contributed by atoms with Crippen molar-refractivity contribution >= 4 is 5.91 Å². The molecular formula is C14H29N3O. The zero-order valence-electron chi connectivity index (χ0n) is 11.9. The first kappa shape index (κ1) is 15.4. The average Bonchev–Trinajstić information content (AvgIpc) is 2.38. The molecule has 1 heterocycles. The second kappa shape index (κ2) is 9.34. The minimum absolute atomic E-state index is 0.352. The standard InChI is InChI=1S/C14H29N3O/c1-16-10-12-17(13-11-16)14(18)8-6-4-2-3-5-7-9-15/h2-13,15H2,1H3. The zero-order valence-corrected chi connectivity index (χ0v) is 11.9. The summed E-state index contributed by atoms with van der Waals surface area (Å²) >= 11 is 0. The van der Waals surface area contributed by atoms with E-state index in [1.807, 2.05) is 4.90 Å². The topological polar surface area (TPSA) is 49.6 Å². The Hall–Kier alpha value is -0.610. The lowest BCUT2D eigenvalue weighted by Crippen LogP contribution is -2.47. The van der Waals surface area contributed by atoms with Crippen LogP contribution in [-0.2, 0) is 4.79 Å². The molecule has 4 heteroatoms. The molecule has 0 aromatic carbocycles. The second-order valence-electron chi connectivity index (χ2n) is 5.34. The number of nitrogens with zero attached hydrogens (tertiary/aromatic N) is 2. The van der Waals surface area contributed by atoms with E-state index in [0.29, 0.717) is 5.91 Å². The van der Waals surface area contributed by atoms with Gasteiger partial charge in [0.05, 0.1) is 0 Å². The highest BCUT2D eigenvalue weighted by atomic mass is 16.2. The number of carbonyl (C=O) groups excluding carboxylic acids is 1. The first-order chi connectivity index (χ1) is 8.74. The van der Waals surface area contributed by atoms with E-state index in [4.69, 9.17) is 5.73 Å². The maximum Gasteiger partial charge on any atom is 0.222 e. The lowest BCUT2D eigenvalue weighted by molar-refractivity contribution is -0.132. The van der Waals surface area contributed by atoms with Crippen molar-refractivity contribution in [3.63, 3.8) is 0 Å². The molecule has 0 radical (unpaired) electrons. The third-order valence-electron chi connectivity index (χ3n) is 3.70. The van der Waals surface area contributed by atoms with Gasteiger partial charge in [0.15, 0.2) is 0 Å². The van der Waals surface area contributed by atoms with Crippen molar-refractivity contribution in [2.24, 2.45) is 5.73 Å². The third-order valence-corrected chi connectivity index (χ3v) is 3.70. The number of rotatable bonds is 8. The number of likely N-dealkylation sites (N-methyl/N-ethyl adjacent to an activating group) is 1. The van der Waals surface area contributed by atoms with Crippen LogP contribution in [0.25, 0.3) is 0 Å². The maximum absolute atomic E-state index is 11.9. The molecule has 0 aromatic rings. The van der Waals surface area contributed by atoms with Crippen LogP contribution < -0.4 is 5.73 Å². The smallest absolute Gasteiger partial charge is 0.222 e. The first-order valence-electron chi connectivity index (χ1n) is 7.40. The molecule has 1 rings (SSSR count). The predicted octanol–water partition coefficient (Wildman–Crippen LogP) is 1.45. The summed E-state index contributed by atoms with van der Waals surface area (Å²) in [5, 5.41) is 0. The van der Waals surface area contributed by atoms with Gasteiger partial charge in [-0.05, 0) is 26.4 Å². The molecule has 1 fully saturated rings. The molecule has 0 saturated carbocycles. The monoisotopic (exact) mass is 255 g/mol. The predicted molar refractivity (Wildman–Crippen MR) is 75.5 cm³/mol. The summed E-state index contributed by atoms with van der Waals surface area (Å²) in [4.78, 5) is 16.2. The van der Waals surface area contributed by atoms with Gasteiger partial charge in [-0.3, -0.25) is 4.79 Å². The second-order valence-corrected chi connectivity index (χ2v) is 5.34. The van der Waals surface area contributed by atoms with Crippen LogP contribution in [0.4, 0.5) is 0 Å². The number of amides is 1. The van der Waals surface area contributed by atoms with Crippen LogP contribution in [0, 0.1) is 0 Å². The minimum atomic E-state index is 0.352. The molecule has 0 unspecified atom stereocenters. The van der Waals surface area contributed by atoms with E-state index in [9.17, 15) is 4.79 Å². The zero-order chi connectivity index (χ0) is 13.2. The van der Waals surface area contributed by atoms with E-state index in [2.05, 4.69) is 11.9 Å². The molecule has 0 aromatic heterocycles. The number of hydrogen-bond acceptors (Lipinski definition) is 3. The Labute approximate surface area is 111 Å². The van der Waals surface area contributed by atoms with Crippen LogP contribution in [0.3, 0.4) is 0 Å². The van der Waals surface area contributed by atoms with Gasteiger partial charge in [-0.1, -0.05) is 25.7 Å². The van der Waals surface area contributed by atoms with Gasteiger partial charge in [0, 0.05) is 32.6 Å². The van der Waals surface area contributed by atoms with Gasteiger partial charge in [0.2, 0.25) is 5.91 Å². The Balaban J connectivity index is 1.96. The fraction of sp³-hybridized carbons (Fsp3) is 0.929. The number of carbonyl (C=O) groups is 1. The number of nitrogens with two attached hydrogens (primary N) is 1. The van der Waals surface area contributed by atoms with Crippen LogP contribution >= 0.6 is 0 Å². The summed E-state index contributed by atoms with van der Waals surface area (Å²) in [6.07, 6.45) is 7.86. The molecule has 1 amide bonds. The summed E-state index contributed by atoms with van der Waals surface area (Å²) in [5.41, 5.74) is 5.45.